The monoisotopic (exact) mass is 624 g/mol. The van der Waals surface area contributed by atoms with Gasteiger partial charge in [0.15, 0.2) is 5.78 Å². The van der Waals surface area contributed by atoms with E-state index in [1.54, 1.807) is 18.2 Å². The number of ketones is 1. The van der Waals surface area contributed by atoms with Crippen LogP contribution in [0.15, 0.2) is 62.1 Å². The van der Waals surface area contributed by atoms with Crippen LogP contribution in [0.2, 0.25) is 0 Å². The molecule has 1 aromatic carbocycles. The third-order valence-electron chi connectivity index (χ3n) is 6.59. The van der Waals surface area contributed by atoms with Gasteiger partial charge in [0, 0.05) is 11.5 Å². The van der Waals surface area contributed by atoms with Crippen molar-refractivity contribution in [2.45, 2.75) is 52.7 Å². The van der Waals surface area contributed by atoms with E-state index in [4.69, 9.17) is 0 Å². The SMILES string of the molecule is CC1=C(Br)C(=O)C(C(C)C)=CC1=C(c1cc(C(C)C)c(O)c(Br)c1C)C1C=CC=CC1S(=O)(=O)O. The second-order valence-electron chi connectivity index (χ2n) is 9.58. The van der Waals surface area contributed by atoms with Crippen LogP contribution in [-0.2, 0) is 14.9 Å². The fraction of sp³-hybridized carbons (Fsp3) is 0.370. The molecule has 0 aromatic heterocycles. The largest absolute Gasteiger partial charge is 0.506 e. The summed E-state index contributed by atoms with van der Waals surface area (Å²) in [5.41, 5.74) is 4.83. The number of phenols is 1. The lowest BCUT2D eigenvalue weighted by molar-refractivity contribution is -0.112. The molecule has 35 heavy (non-hydrogen) atoms. The van der Waals surface area contributed by atoms with Gasteiger partial charge in [0.2, 0.25) is 0 Å². The van der Waals surface area contributed by atoms with Crippen LogP contribution in [0.3, 0.4) is 0 Å². The Morgan fingerprint density at radius 2 is 1.63 bits per heavy atom. The van der Waals surface area contributed by atoms with Crippen molar-refractivity contribution >= 4 is 53.3 Å². The van der Waals surface area contributed by atoms with Crippen LogP contribution in [-0.4, -0.2) is 29.1 Å². The van der Waals surface area contributed by atoms with Crippen molar-refractivity contribution in [3.8, 4) is 5.75 Å². The predicted octanol–water partition coefficient (Wildman–Crippen LogP) is 7.17. The van der Waals surface area contributed by atoms with Gasteiger partial charge < -0.3 is 5.11 Å². The third kappa shape index (κ3) is 5.22. The lowest BCUT2D eigenvalue weighted by Crippen LogP contribution is -2.30. The molecule has 2 unspecified atom stereocenters. The number of halogens is 2. The van der Waals surface area contributed by atoms with Gasteiger partial charge in [0.1, 0.15) is 11.0 Å². The smallest absolute Gasteiger partial charge is 0.272 e. The maximum absolute atomic E-state index is 13.0. The van der Waals surface area contributed by atoms with Crippen molar-refractivity contribution in [1.29, 1.82) is 0 Å². The van der Waals surface area contributed by atoms with E-state index in [1.165, 1.54) is 6.08 Å². The summed E-state index contributed by atoms with van der Waals surface area (Å²) in [7, 11) is -4.44. The molecule has 2 N–H and O–H groups in total. The van der Waals surface area contributed by atoms with Crippen molar-refractivity contribution in [2.24, 2.45) is 11.8 Å². The van der Waals surface area contributed by atoms with Crippen molar-refractivity contribution in [2.75, 3.05) is 0 Å². The number of hydrogen-bond acceptors (Lipinski definition) is 4. The fourth-order valence-electron chi connectivity index (χ4n) is 4.56. The lowest BCUT2D eigenvalue weighted by Gasteiger charge is -2.31. The van der Waals surface area contributed by atoms with Crippen molar-refractivity contribution in [1.82, 2.24) is 0 Å². The number of phenolic OH excluding ortho intramolecular Hbond substituents is 1. The van der Waals surface area contributed by atoms with E-state index >= 15 is 0 Å². The highest BCUT2D eigenvalue weighted by Crippen LogP contribution is 2.47. The van der Waals surface area contributed by atoms with E-state index in [0.717, 1.165) is 11.1 Å². The molecule has 3 rings (SSSR count). The Kier molecular flexibility index (Phi) is 8.21. The van der Waals surface area contributed by atoms with E-state index in [0.29, 0.717) is 36.8 Å². The number of rotatable bonds is 5. The van der Waals surface area contributed by atoms with E-state index in [9.17, 15) is 22.9 Å². The Morgan fingerprint density at radius 3 is 2.17 bits per heavy atom. The normalized spacial score (nSPS) is 22.4. The van der Waals surface area contributed by atoms with Crippen LogP contribution in [0.5, 0.6) is 5.75 Å². The highest BCUT2D eigenvalue weighted by Gasteiger charge is 2.37. The van der Waals surface area contributed by atoms with Gasteiger partial charge in [0.05, 0.1) is 8.96 Å². The number of Topliss-reactive ketones (excluding diaryl/α,β-unsaturated/α-hetero) is 1. The van der Waals surface area contributed by atoms with E-state index < -0.39 is 21.3 Å². The molecule has 0 bridgehead atoms. The zero-order valence-corrected chi connectivity index (χ0v) is 24.5. The summed E-state index contributed by atoms with van der Waals surface area (Å²) >= 11 is 7.00. The Labute approximate surface area is 224 Å². The average molecular weight is 626 g/mol. The number of carbonyl (C=O) groups is 1. The highest BCUT2D eigenvalue weighted by molar-refractivity contribution is 9.12. The summed E-state index contributed by atoms with van der Waals surface area (Å²) in [5.74, 6) is -0.751. The number of carbonyl (C=O) groups excluding carboxylic acids is 1. The number of allylic oxidation sites excluding steroid dienone is 9. The molecule has 0 spiro atoms. The zero-order valence-electron chi connectivity index (χ0n) is 20.6. The van der Waals surface area contributed by atoms with Crippen LogP contribution < -0.4 is 0 Å². The molecule has 5 nitrogen and oxygen atoms in total. The molecular formula is C27H30Br2O5S. The molecule has 2 aliphatic carbocycles. The molecule has 2 aliphatic rings. The third-order valence-corrected chi connectivity index (χ3v) is 9.66. The molecule has 0 fully saturated rings. The van der Waals surface area contributed by atoms with Gasteiger partial charge in [-0.3, -0.25) is 9.35 Å². The second-order valence-corrected chi connectivity index (χ2v) is 12.7. The first-order chi connectivity index (χ1) is 16.2. The minimum absolute atomic E-state index is 0.00542. The Balaban J connectivity index is 2.54. The van der Waals surface area contributed by atoms with Gasteiger partial charge in [-0.2, -0.15) is 8.42 Å². The predicted molar refractivity (Wildman–Crippen MR) is 148 cm³/mol. The Morgan fingerprint density at radius 1 is 1.03 bits per heavy atom. The minimum atomic E-state index is -4.44. The number of aromatic hydroxyl groups is 1. The first kappa shape index (κ1) is 27.8. The molecule has 0 saturated heterocycles. The van der Waals surface area contributed by atoms with E-state index in [1.807, 2.05) is 53.7 Å². The Bertz CT molecular complexity index is 1340. The number of hydrogen-bond donors (Lipinski definition) is 2. The van der Waals surface area contributed by atoms with E-state index in [-0.39, 0.29) is 23.4 Å². The topological polar surface area (TPSA) is 91.7 Å². The van der Waals surface area contributed by atoms with E-state index in [2.05, 4.69) is 31.9 Å². The van der Waals surface area contributed by atoms with Gasteiger partial charge in [-0.1, -0.05) is 52.0 Å². The molecular weight excluding hydrogens is 596 g/mol. The second kappa shape index (κ2) is 10.3. The van der Waals surface area contributed by atoms with Crippen LogP contribution in [0.4, 0.5) is 0 Å². The van der Waals surface area contributed by atoms with Crippen LogP contribution in [0.1, 0.15) is 57.2 Å². The first-order valence-electron chi connectivity index (χ1n) is 11.4. The maximum Gasteiger partial charge on any atom is 0.272 e. The summed E-state index contributed by atoms with van der Waals surface area (Å²) < 4.78 is 36.0. The lowest BCUT2D eigenvalue weighted by atomic mass is 9.77. The minimum Gasteiger partial charge on any atom is -0.506 e. The summed E-state index contributed by atoms with van der Waals surface area (Å²) in [5, 5.41) is 9.60. The number of benzene rings is 1. The maximum atomic E-state index is 13.0. The van der Waals surface area contributed by atoms with Gasteiger partial charge in [-0.25, -0.2) is 0 Å². The standard InChI is InChI=1S/C27H30Br2O5S/c1-13(2)18-11-20(15(5)24(28)26(18)30)23(17-9-7-8-10-22(17)35(32,33)34)21-12-19(14(3)4)27(31)25(29)16(21)6/h7-14,17,22,30H,1-6H3,(H,32,33,34). The van der Waals surface area contributed by atoms with Crippen LogP contribution in [0.25, 0.3) is 5.57 Å². The van der Waals surface area contributed by atoms with Crippen molar-refractivity contribution < 1.29 is 22.9 Å². The van der Waals surface area contributed by atoms with Crippen molar-refractivity contribution in [3.05, 3.63) is 78.8 Å². The highest BCUT2D eigenvalue weighted by atomic mass is 79.9. The fourth-order valence-corrected chi connectivity index (χ4v) is 6.34. The molecule has 0 heterocycles. The van der Waals surface area contributed by atoms with Crippen LogP contribution >= 0.6 is 31.9 Å². The van der Waals surface area contributed by atoms with Gasteiger partial charge >= 0.3 is 0 Å². The van der Waals surface area contributed by atoms with Crippen molar-refractivity contribution in [3.63, 3.8) is 0 Å². The molecule has 8 heteroatoms. The summed E-state index contributed by atoms with van der Waals surface area (Å²) in [4.78, 5) is 13.0. The zero-order chi connectivity index (χ0) is 26.4. The molecule has 0 radical (unpaired) electrons. The first-order valence-corrected chi connectivity index (χ1v) is 14.5. The summed E-state index contributed by atoms with van der Waals surface area (Å²) in [6.45, 7) is 11.5. The molecule has 0 saturated carbocycles. The molecule has 0 aliphatic heterocycles. The summed E-state index contributed by atoms with van der Waals surface area (Å²) in [6, 6.07) is 1.89. The molecule has 2 atom stereocenters. The summed E-state index contributed by atoms with van der Waals surface area (Å²) in [6.07, 6.45) is 8.44. The molecule has 0 amide bonds. The quantitative estimate of drug-likeness (QED) is 0.338. The van der Waals surface area contributed by atoms with Gasteiger partial charge in [-0.05, 0) is 103 Å². The molecule has 1 aromatic rings. The van der Waals surface area contributed by atoms with Gasteiger partial charge in [0.25, 0.3) is 10.1 Å². The average Bonchev–Trinajstić information content (AvgIpc) is 2.78. The Hall–Kier alpha value is -1.74. The molecule has 188 valence electrons. The van der Waals surface area contributed by atoms with Gasteiger partial charge in [-0.15, -0.1) is 0 Å². The van der Waals surface area contributed by atoms with Crippen LogP contribution in [0, 0.1) is 18.8 Å².